The highest BCUT2D eigenvalue weighted by molar-refractivity contribution is 5.88. The van der Waals surface area contributed by atoms with E-state index < -0.39 is 0 Å². The molecule has 5 heteroatoms. The lowest BCUT2D eigenvalue weighted by molar-refractivity contribution is 0.296. The molecule has 0 amide bonds. The van der Waals surface area contributed by atoms with E-state index >= 15 is 0 Å². The van der Waals surface area contributed by atoms with E-state index in [-0.39, 0.29) is 0 Å². The maximum Gasteiger partial charge on any atom is 0.194 e. The number of tetrazole rings is 1. The number of ether oxygens (including phenoxy) is 1. The molecule has 3 aromatic carbocycles. The van der Waals surface area contributed by atoms with Gasteiger partial charge < -0.3 is 4.74 Å². The monoisotopic (exact) mass is 302 g/mol. The molecule has 112 valence electrons. The quantitative estimate of drug-likeness (QED) is 0.580. The molecule has 1 aromatic heterocycles. The minimum Gasteiger partial charge on any atom is -0.485 e. The molecule has 5 nitrogen and oxygen atoms in total. The molecular formula is C18H14N4O. The molecule has 23 heavy (non-hydrogen) atoms. The summed E-state index contributed by atoms with van der Waals surface area (Å²) in [5.74, 6) is 1.48. The van der Waals surface area contributed by atoms with Crippen molar-refractivity contribution in [3.63, 3.8) is 0 Å². The number of para-hydroxylation sites is 1. The molecule has 0 radical (unpaired) electrons. The lowest BCUT2D eigenvalue weighted by Gasteiger charge is -2.09. The van der Waals surface area contributed by atoms with Gasteiger partial charge in [-0.05, 0) is 34.0 Å². The van der Waals surface area contributed by atoms with E-state index in [1.807, 2.05) is 60.7 Å². The van der Waals surface area contributed by atoms with Crippen LogP contribution in [0.4, 0.5) is 0 Å². The predicted molar refractivity (Wildman–Crippen MR) is 87.4 cm³/mol. The first-order valence-corrected chi connectivity index (χ1v) is 7.35. The van der Waals surface area contributed by atoms with E-state index in [0.29, 0.717) is 12.4 Å². The van der Waals surface area contributed by atoms with Crippen LogP contribution in [0.25, 0.3) is 16.5 Å². The van der Waals surface area contributed by atoms with Crippen molar-refractivity contribution in [2.75, 3.05) is 0 Å². The minimum atomic E-state index is 0.301. The molecule has 0 N–H and O–H groups in total. The van der Waals surface area contributed by atoms with Crippen LogP contribution in [-0.2, 0) is 6.61 Å². The van der Waals surface area contributed by atoms with E-state index in [4.69, 9.17) is 4.74 Å². The first kappa shape index (κ1) is 13.5. The Bertz CT molecular complexity index is 929. The topological polar surface area (TPSA) is 52.8 Å². The van der Waals surface area contributed by atoms with Gasteiger partial charge in [0.1, 0.15) is 12.4 Å². The van der Waals surface area contributed by atoms with Crippen molar-refractivity contribution >= 4 is 10.8 Å². The number of hydrogen-bond donors (Lipinski definition) is 0. The SMILES string of the molecule is c1ccc(-n2nnnc2COc2cccc3ccccc23)cc1. The second-order valence-electron chi connectivity index (χ2n) is 5.11. The highest BCUT2D eigenvalue weighted by Gasteiger charge is 2.09. The van der Waals surface area contributed by atoms with Gasteiger partial charge in [0.05, 0.1) is 5.69 Å². The van der Waals surface area contributed by atoms with Gasteiger partial charge in [0.25, 0.3) is 0 Å². The van der Waals surface area contributed by atoms with Gasteiger partial charge in [0, 0.05) is 5.39 Å². The molecule has 0 unspecified atom stereocenters. The van der Waals surface area contributed by atoms with Crippen molar-refractivity contribution in [2.45, 2.75) is 6.61 Å². The van der Waals surface area contributed by atoms with Gasteiger partial charge in [-0.3, -0.25) is 0 Å². The van der Waals surface area contributed by atoms with Gasteiger partial charge in [-0.15, -0.1) is 5.10 Å². The Morgan fingerprint density at radius 3 is 2.52 bits per heavy atom. The smallest absolute Gasteiger partial charge is 0.194 e. The van der Waals surface area contributed by atoms with E-state index in [0.717, 1.165) is 22.2 Å². The number of aromatic nitrogens is 4. The molecule has 4 aromatic rings. The average Bonchev–Trinajstić information content (AvgIpc) is 3.09. The van der Waals surface area contributed by atoms with E-state index in [2.05, 4.69) is 27.7 Å². The molecular weight excluding hydrogens is 288 g/mol. The predicted octanol–water partition coefficient (Wildman–Crippen LogP) is 3.39. The number of hydrogen-bond acceptors (Lipinski definition) is 4. The third kappa shape index (κ3) is 2.64. The van der Waals surface area contributed by atoms with Gasteiger partial charge in [-0.1, -0.05) is 54.6 Å². The van der Waals surface area contributed by atoms with Crippen molar-refractivity contribution in [3.05, 3.63) is 78.6 Å². The van der Waals surface area contributed by atoms with Crippen molar-refractivity contribution in [1.29, 1.82) is 0 Å². The first-order chi connectivity index (χ1) is 11.4. The van der Waals surface area contributed by atoms with Gasteiger partial charge in [0.15, 0.2) is 5.82 Å². The molecule has 0 aliphatic carbocycles. The van der Waals surface area contributed by atoms with Crippen molar-refractivity contribution in [1.82, 2.24) is 20.2 Å². The van der Waals surface area contributed by atoms with Gasteiger partial charge >= 0.3 is 0 Å². The number of rotatable bonds is 4. The van der Waals surface area contributed by atoms with Gasteiger partial charge in [-0.25, -0.2) is 0 Å². The van der Waals surface area contributed by atoms with Crippen molar-refractivity contribution in [2.24, 2.45) is 0 Å². The fourth-order valence-electron chi connectivity index (χ4n) is 2.53. The zero-order valence-electron chi connectivity index (χ0n) is 12.3. The standard InChI is InChI=1S/C18H14N4O/c1-2-9-15(10-3-1)22-18(19-20-21-22)13-23-17-12-6-8-14-7-4-5-11-16(14)17/h1-12H,13H2. The summed E-state index contributed by atoms with van der Waals surface area (Å²) < 4.78 is 7.65. The molecule has 0 saturated heterocycles. The van der Waals surface area contributed by atoms with Gasteiger partial charge in [0.2, 0.25) is 0 Å². The van der Waals surface area contributed by atoms with E-state index in [1.165, 1.54) is 0 Å². The van der Waals surface area contributed by atoms with Crippen molar-refractivity contribution < 1.29 is 4.74 Å². The summed E-state index contributed by atoms with van der Waals surface area (Å²) in [7, 11) is 0. The maximum absolute atomic E-state index is 5.96. The van der Waals surface area contributed by atoms with Gasteiger partial charge in [-0.2, -0.15) is 4.68 Å². The third-order valence-corrected chi connectivity index (χ3v) is 3.64. The fourth-order valence-corrected chi connectivity index (χ4v) is 2.53. The third-order valence-electron chi connectivity index (χ3n) is 3.64. The summed E-state index contributed by atoms with van der Waals surface area (Å²) in [5.41, 5.74) is 0.911. The lowest BCUT2D eigenvalue weighted by Crippen LogP contribution is -2.06. The van der Waals surface area contributed by atoms with Crippen LogP contribution in [0.3, 0.4) is 0 Å². The summed E-state index contributed by atoms with van der Waals surface area (Å²) in [4.78, 5) is 0. The highest BCUT2D eigenvalue weighted by atomic mass is 16.5. The van der Waals surface area contributed by atoms with Crippen LogP contribution in [0.15, 0.2) is 72.8 Å². The summed E-state index contributed by atoms with van der Waals surface area (Å²) in [5, 5.41) is 14.1. The van der Waals surface area contributed by atoms with Crippen LogP contribution in [0, 0.1) is 0 Å². The van der Waals surface area contributed by atoms with Crippen LogP contribution in [0.2, 0.25) is 0 Å². The van der Waals surface area contributed by atoms with E-state index in [9.17, 15) is 0 Å². The molecule has 1 heterocycles. The zero-order valence-corrected chi connectivity index (χ0v) is 12.3. The second-order valence-corrected chi connectivity index (χ2v) is 5.11. The largest absolute Gasteiger partial charge is 0.485 e. The summed E-state index contributed by atoms with van der Waals surface area (Å²) in [6.45, 7) is 0.301. The Hall–Kier alpha value is -3.21. The average molecular weight is 302 g/mol. The lowest BCUT2D eigenvalue weighted by atomic mass is 10.1. The Balaban J connectivity index is 1.62. The Labute approximate surface area is 133 Å². The summed E-state index contributed by atoms with van der Waals surface area (Å²) in [6.07, 6.45) is 0. The molecule has 0 bridgehead atoms. The zero-order chi connectivity index (χ0) is 15.5. The second kappa shape index (κ2) is 5.88. The summed E-state index contributed by atoms with van der Waals surface area (Å²) >= 11 is 0. The first-order valence-electron chi connectivity index (χ1n) is 7.35. The van der Waals surface area contributed by atoms with Crippen LogP contribution in [0.5, 0.6) is 5.75 Å². The Kier molecular flexibility index (Phi) is 3.44. The number of fused-ring (bicyclic) bond motifs is 1. The minimum absolute atomic E-state index is 0.301. The molecule has 0 aliphatic rings. The molecule has 0 spiro atoms. The molecule has 0 aliphatic heterocycles. The number of benzene rings is 3. The Morgan fingerprint density at radius 2 is 1.61 bits per heavy atom. The number of nitrogens with zero attached hydrogens (tertiary/aromatic N) is 4. The Morgan fingerprint density at radius 1 is 0.826 bits per heavy atom. The highest BCUT2D eigenvalue weighted by Crippen LogP contribution is 2.25. The normalized spacial score (nSPS) is 10.8. The molecule has 0 atom stereocenters. The molecule has 0 fully saturated rings. The van der Waals surface area contributed by atoms with E-state index in [1.54, 1.807) is 4.68 Å². The fraction of sp³-hybridized carbons (Fsp3) is 0.0556. The summed E-state index contributed by atoms with van der Waals surface area (Å²) in [6, 6.07) is 23.9. The van der Waals surface area contributed by atoms with Crippen LogP contribution in [0.1, 0.15) is 5.82 Å². The van der Waals surface area contributed by atoms with Crippen LogP contribution in [-0.4, -0.2) is 20.2 Å². The molecule has 4 rings (SSSR count). The maximum atomic E-state index is 5.96. The molecule has 0 saturated carbocycles. The van der Waals surface area contributed by atoms with Crippen LogP contribution >= 0.6 is 0 Å². The van der Waals surface area contributed by atoms with Crippen molar-refractivity contribution in [3.8, 4) is 11.4 Å². The van der Waals surface area contributed by atoms with Crippen LogP contribution < -0.4 is 4.74 Å².